The molecule has 0 fully saturated rings. The molecule has 1 aromatic rings. The van der Waals surface area contributed by atoms with E-state index in [1.807, 2.05) is 13.8 Å². The van der Waals surface area contributed by atoms with Crippen molar-refractivity contribution in [2.24, 2.45) is 0 Å². The summed E-state index contributed by atoms with van der Waals surface area (Å²) in [4.78, 5) is 13.7. The minimum absolute atomic E-state index is 0.0476. The molecular formula is C13H15Cl2NO3S. The molecule has 4 nitrogen and oxygen atoms in total. The number of nitrogens with zero attached hydrogens (tertiary/aromatic N) is 1. The van der Waals surface area contributed by atoms with Crippen molar-refractivity contribution in [2.75, 3.05) is 6.54 Å². The highest BCUT2D eigenvalue weighted by atomic mass is 35.7. The summed E-state index contributed by atoms with van der Waals surface area (Å²) in [5, 5.41) is 0.0476. The van der Waals surface area contributed by atoms with Gasteiger partial charge in [0.05, 0.1) is 15.5 Å². The van der Waals surface area contributed by atoms with Gasteiger partial charge < -0.3 is 4.90 Å². The van der Waals surface area contributed by atoms with E-state index in [1.54, 1.807) is 6.08 Å². The third-order valence-electron chi connectivity index (χ3n) is 2.66. The lowest BCUT2D eigenvalue weighted by Gasteiger charge is -2.26. The molecule has 0 bridgehead atoms. The molecule has 0 aliphatic rings. The van der Waals surface area contributed by atoms with Crippen LogP contribution in [-0.2, 0) is 9.05 Å². The van der Waals surface area contributed by atoms with Crippen LogP contribution in [0.2, 0.25) is 5.02 Å². The Morgan fingerprint density at radius 3 is 2.50 bits per heavy atom. The quantitative estimate of drug-likeness (QED) is 0.612. The molecule has 0 spiro atoms. The van der Waals surface area contributed by atoms with E-state index in [0.29, 0.717) is 0 Å². The molecule has 0 radical (unpaired) electrons. The summed E-state index contributed by atoms with van der Waals surface area (Å²) in [7, 11) is 1.30. The molecule has 0 N–H and O–H groups in total. The Hall–Kier alpha value is -1.04. The molecule has 1 amide bonds. The Labute approximate surface area is 128 Å². The van der Waals surface area contributed by atoms with Crippen molar-refractivity contribution < 1.29 is 13.2 Å². The van der Waals surface area contributed by atoms with Crippen molar-refractivity contribution >= 4 is 37.2 Å². The van der Waals surface area contributed by atoms with Crippen LogP contribution in [0.1, 0.15) is 24.2 Å². The zero-order valence-electron chi connectivity index (χ0n) is 11.1. The predicted molar refractivity (Wildman–Crippen MR) is 80.9 cm³/mol. The third-order valence-corrected chi connectivity index (χ3v) is 4.34. The molecule has 1 aromatic carbocycles. The number of hydrogen-bond donors (Lipinski definition) is 0. The van der Waals surface area contributed by atoms with Gasteiger partial charge in [0.25, 0.3) is 15.0 Å². The van der Waals surface area contributed by atoms with Gasteiger partial charge in [-0.1, -0.05) is 23.7 Å². The Bertz CT molecular complexity index is 627. The molecule has 20 heavy (non-hydrogen) atoms. The maximum Gasteiger partial charge on any atom is 0.262 e. The van der Waals surface area contributed by atoms with E-state index in [0.717, 1.165) is 0 Å². The molecule has 0 aliphatic heterocycles. The first-order valence-electron chi connectivity index (χ1n) is 5.85. The van der Waals surface area contributed by atoms with Crippen molar-refractivity contribution in [2.45, 2.75) is 24.8 Å². The minimum Gasteiger partial charge on any atom is -0.332 e. The molecule has 0 atom stereocenters. The molecular weight excluding hydrogens is 321 g/mol. The molecule has 0 heterocycles. The second-order valence-electron chi connectivity index (χ2n) is 4.39. The lowest BCUT2D eigenvalue weighted by atomic mass is 10.1. The largest absolute Gasteiger partial charge is 0.332 e. The van der Waals surface area contributed by atoms with Crippen LogP contribution in [-0.4, -0.2) is 31.8 Å². The first-order chi connectivity index (χ1) is 9.20. The highest BCUT2D eigenvalue weighted by Gasteiger charge is 2.27. The van der Waals surface area contributed by atoms with E-state index in [4.69, 9.17) is 22.3 Å². The Morgan fingerprint density at radius 2 is 2.05 bits per heavy atom. The molecule has 0 saturated heterocycles. The van der Waals surface area contributed by atoms with E-state index in [1.165, 1.54) is 23.1 Å². The molecule has 110 valence electrons. The van der Waals surface area contributed by atoms with Crippen molar-refractivity contribution in [1.82, 2.24) is 4.90 Å². The smallest absolute Gasteiger partial charge is 0.262 e. The Balaban J connectivity index is 3.45. The van der Waals surface area contributed by atoms with Crippen LogP contribution in [0.5, 0.6) is 0 Å². The molecule has 1 rings (SSSR count). The summed E-state index contributed by atoms with van der Waals surface area (Å²) in [5.41, 5.74) is -0.111. The fourth-order valence-electron chi connectivity index (χ4n) is 1.73. The number of benzene rings is 1. The average molecular weight is 336 g/mol. The molecule has 0 aromatic heterocycles. The van der Waals surface area contributed by atoms with Gasteiger partial charge in [-0.25, -0.2) is 8.42 Å². The van der Waals surface area contributed by atoms with Gasteiger partial charge in [-0.3, -0.25) is 4.79 Å². The van der Waals surface area contributed by atoms with Crippen molar-refractivity contribution in [3.63, 3.8) is 0 Å². The van der Waals surface area contributed by atoms with Gasteiger partial charge in [-0.2, -0.15) is 0 Å². The monoisotopic (exact) mass is 335 g/mol. The second-order valence-corrected chi connectivity index (χ2v) is 7.33. The first kappa shape index (κ1) is 17.0. The maximum absolute atomic E-state index is 12.5. The lowest BCUT2D eigenvalue weighted by Crippen LogP contribution is -2.37. The normalized spacial score (nSPS) is 11.4. The van der Waals surface area contributed by atoms with E-state index >= 15 is 0 Å². The topological polar surface area (TPSA) is 54.5 Å². The summed E-state index contributed by atoms with van der Waals surface area (Å²) >= 11 is 5.98. The zero-order chi connectivity index (χ0) is 15.5. The fourth-order valence-corrected chi connectivity index (χ4v) is 3.11. The van der Waals surface area contributed by atoms with Crippen LogP contribution >= 0.6 is 22.3 Å². The van der Waals surface area contributed by atoms with Gasteiger partial charge in [0.2, 0.25) is 0 Å². The average Bonchev–Trinajstić information content (AvgIpc) is 2.33. The molecule has 7 heteroatoms. The van der Waals surface area contributed by atoms with Crippen LogP contribution in [0.25, 0.3) is 0 Å². The summed E-state index contributed by atoms with van der Waals surface area (Å²) in [5.74, 6) is -0.496. The van der Waals surface area contributed by atoms with Crippen LogP contribution in [0.4, 0.5) is 0 Å². The number of halogens is 2. The van der Waals surface area contributed by atoms with Gasteiger partial charge in [-0.15, -0.1) is 6.58 Å². The van der Waals surface area contributed by atoms with Gasteiger partial charge in [0.15, 0.2) is 0 Å². The van der Waals surface area contributed by atoms with E-state index < -0.39 is 15.0 Å². The van der Waals surface area contributed by atoms with E-state index in [9.17, 15) is 13.2 Å². The number of hydrogen-bond acceptors (Lipinski definition) is 3. The first-order valence-corrected chi connectivity index (χ1v) is 8.54. The maximum atomic E-state index is 12.5. The van der Waals surface area contributed by atoms with Crippen molar-refractivity contribution in [3.8, 4) is 0 Å². The van der Waals surface area contributed by atoms with Crippen molar-refractivity contribution in [1.29, 1.82) is 0 Å². The Morgan fingerprint density at radius 1 is 1.45 bits per heavy atom. The summed E-state index contributed by atoms with van der Waals surface area (Å²) in [6, 6.07) is 4.00. The number of amides is 1. The SMILES string of the molecule is C=CCN(C(=O)c1c(Cl)cccc1S(=O)(=O)Cl)C(C)C. The minimum atomic E-state index is -4.06. The van der Waals surface area contributed by atoms with Crippen LogP contribution in [0, 0.1) is 0 Å². The summed E-state index contributed by atoms with van der Waals surface area (Å²) in [6.07, 6.45) is 1.56. The zero-order valence-corrected chi connectivity index (χ0v) is 13.5. The van der Waals surface area contributed by atoms with Crippen molar-refractivity contribution in [3.05, 3.63) is 41.4 Å². The lowest BCUT2D eigenvalue weighted by molar-refractivity contribution is 0.0725. The molecule has 0 unspecified atom stereocenters. The summed E-state index contributed by atoms with van der Waals surface area (Å²) < 4.78 is 23.2. The Kier molecular flexibility index (Phi) is 5.62. The van der Waals surface area contributed by atoms with Crippen LogP contribution in [0.3, 0.4) is 0 Å². The van der Waals surface area contributed by atoms with Crippen LogP contribution < -0.4 is 0 Å². The third kappa shape index (κ3) is 3.75. The summed E-state index contributed by atoms with van der Waals surface area (Å²) in [6.45, 7) is 7.49. The highest BCUT2D eigenvalue weighted by molar-refractivity contribution is 8.13. The van der Waals surface area contributed by atoms with Gasteiger partial charge >= 0.3 is 0 Å². The fraction of sp³-hybridized carbons (Fsp3) is 0.308. The second kappa shape index (κ2) is 6.61. The predicted octanol–water partition coefficient (Wildman–Crippen LogP) is 3.30. The number of carbonyl (C=O) groups excluding carboxylic acids is 1. The van der Waals surface area contributed by atoms with Crippen LogP contribution in [0.15, 0.2) is 35.7 Å². The molecule has 0 saturated carbocycles. The number of rotatable bonds is 5. The number of carbonyl (C=O) groups is 1. The van der Waals surface area contributed by atoms with Gasteiger partial charge in [0, 0.05) is 23.3 Å². The van der Waals surface area contributed by atoms with Gasteiger partial charge in [0.1, 0.15) is 0 Å². The van der Waals surface area contributed by atoms with E-state index in [2.05, 4.69) is 6.58 Å². The molecule has 0 aliphatic carbocycles. The van der Waals surface area contributed by atoms with Gasteiger partial charge in [-0.05, 0) is 26.0 Å². The standard InChI is InChI=1S/C13H15Cl2NO3S/c1-4-8-16(9(2)3)13(17)12-10(14)6-5-7-11(12)20(15,18)19/h4-7,9H,1,8H2,2-3H3. The van der Waals surface area contributed by atoms with E-state index in [-0.39, 0.29) is 28.1 Å². The highest BCUT2D eigenvalue weighted by Crippen LogP contribution is 2.28.